The van der Waals surface area contributed by atoms with E-state index >= 15 is 0 Å². The second kappa shape index (κ2) is 4.35. The Morgan fingerprint density at radius 3 is 2.63 bits per heavy atom. The van der Waals surface area contributed by atoms with Crippen LogP contribution in [-0.2, 0) is 0 Å². The van der Waals surface area contributed by atoms with Crippen LogP contribution >= 0.6 is 15.9 Å². The molecule has 0 spiro atoms. The molecule has 96 valence electrons. The van der Waals surface area contributed by atoms with Gasteiger partial charge < -0.3 is 9.15 Å². The van der Waals surface area contributed by atoms with Crippen LogP contribution < -0.4 is 10.2 Å². The largest absolute Gasteiger partial charge is 0.494 e. The van der Waals surface area contributed by atoms with Crippen molar-refractivity contribution in [2.24, 2.45) is 0 Å². The van der Waals surface area contributed by atoms with E-state index in [1.807, 2.05) is 0 Å². The number of ether oxygens (including phenoxy) is 1. The van der Waals surface area contributed by atoms with Crippen LogP contribution in [0.4, 0.5) is 4.39 Å². The summed E-state index contributed by atoms with van der Waals surface area (Å²) in [5.74, 6) is -0.538. The Hall–Kier alpha value is -1.88. The summed E-state index contributed by atoms with van der Waals surface area (Å²) in [6, 6.07) is 7.64. The SMILES string of the molecule is COc1cc2oc3ccc(Br)cc3c(=O)c2cc1F. The third kappa shape index (κ3) is 1.90. The molecule has 0 saturated heterocycles. The minimum Gasteiger partial charge on any atom is -0.494 e. The topological polar surface area (TPSA) is 39.4 Å². The monoisotopic (exact) mass is 322 g/mol. The Balaban J connectivity index is 2.50. The first kappa shape index (κ1) is 12.2. The number of rotatable bonds is 1. The van der Waals surface area contributed by atoms with Crippen molar-refractivity contribution in [3.8, 4) is 5.75 Å². The highest BCUT2D eigenvalue weighted by atomic mass is 79.9. The number of fused-ring (bicyclic) bond motifs is 2. The maximum atomic E-state index is 13.7. The molecule has 0 radical (unpaired) electrons. The van der Waals surface area contributed by atoms with Gasteiger partial charge in [0.1, 0.15) is 11.2 Å². The first-order chi connectivity index (χ1) is 9.10. The van der Waals surface area contributed by atoms with Crippen LogP contribution in [0.15, 0.2) is 44.0 Å². The van der Waals surface area contributed by atoms with Gasteiger partial charge in [0.05, 0.1) is 17.9 Å². The van der Waals surface area contributed by atoms with E-state index in [9.17, 15) is 9.18 Å². The van der Waals surface area contributed by atoms with Crippen molar-refractivity contribution in [2.75, 3.05) is 7.11 Å². The molecule has 19 heavy (non-hydrogen) atoms. The first-order valence-electron chi connectivity index (χ1n) is 5.50. The fourth-order valence-electron chi connectivity index (χ4n) is 1.99. The Labute approximate surface area is 115 Å². The zero-order valence-electron chi connectivity index (χ0n) is 9.87. The number of benzene rings is 2. The molecule has 0 atom stereocenters. The number of hydrogen-bond acceptors (Lipinski definition) is 3. The van der Waals surface area contributed by atoms with E-state index < -0.39 is 5.82 Å². The first-order valence-corrected chi connectivity index (χ1v) is 6.29. The zero-order chi connectivity index (χ0) is 13.6. The van der Waals surface area contributed by atoms with Gasteiger partial charge in [-0.2, -0.15) is 0 Å². The highest BCUT2D eigenvalue weighted by molar-refractivity contribution is 9.10. The van der Waals surface area contributed by atoms with Crippen LogP contribution in [0.2, 0.25) is 0 Å². The average Bonchev–Trinajstić information content (AvgIpc) is 2.40. The number of halogens is 2. The summed E-state index contributed by atoms with van der Waals surface area (Å²) in [6.07, 6.45) is 0. The average molecular weight is 323 g/mol. The Morgan fingerprint density at radius 1 is 1.16 bits per heavy atom. The minimum atomic E-state index is -0.586. The predicted molar refractivity (Wildman–Crippen MR) is 74.2 cm³/mol. The van der Waals surface area contributed by atoms with Gasteiger partial charge in [-0.3, -0.25) is 4.79 Å². The Kier molecular flexibility index (Phi) is 2.78. The smallest absolute Gasteiger partial charge is 0.200 e. The molecule has 1 aromatic heterocycles. The van der Waals surface area contributed by atoms with Gasteiger partial charge in [-0.1, -0.05) is 15.9 Å². The molecule has 0 N–H and O–H groups in total. The molecule has 2 aromatic carbocycles. The Bertz CT molecular complexity index is 855. The van der Waals surface area contributed by atoms with Gasteiger partial charge in [-0.05, 0) is 24.3 Å². The quantitative estimate of drug-likeness (QED) is 0.639. The molecule has 5 heteroatoms. The van der Waals surface area contributed by atoms with Crippen molar-refractivity contribution in [1.29, 1.82) is 0 Å². The molecule has 0 aliphatic carbocycles. The van der Waals surface area contributed by atoms with Crippen molar-refractivity contribution in [3.05, 3.63) is 50.8 Å². The van der Waals surface area contributed by atoms with Crippen LogP contribution in [0, 0.1) is 5.82 Å². The lowest BCUT2D eigenvalue weighted by Crippen LogP contribution is -2.03. The highest BCUT2D eigenvalue weighted by Gasteiger charge is 2.12. The van der Waals surface area contributed by atoms with E-state index in [0.717, 1.165) is 10.5 Å². The summed E-state index contributed by atoms with van der Waals surface area (Å²) >= 11 is 3.29. The maximum Gasteiger partial charge on any atom is 0.200 e. The molecule has 1 heterocycles. The minimum absolute atomic E-state index is 0.0483. The standard InChI is InChI=1S/C14H8BrFO3/c1-18-13-6-12-9(5-10(13)16)14(17)8-4-7(15)2-3-11(8)19-12/h2-6H,1H3. The van der Waals surface area contributed by atoms with E-state index in [0.29, 0.717) is 16.6 Å². The van der Waals surface area contributed by atoms with Crippen LogP contribution in [0.3, 0.4) is 0 Å². The molecule has 3 nitrogen and oxygen atoms in total. The van der Waals surface area contributed by atoms with Crippen molar-refractivity contribution in [3.63, 3.8) is 0 Å². The van der Waals surface area contributed by atoms with E-state index in [2.05, 4.69) is 15.9 Å². The van der Waals surface area contributed by atoms with Crippen LogP contribution in [0.25, 0.3) is 21.9 Å². The normalized spacial score (nSPS) is 11.1. The Morgan fingerprint density at radius 2 is 1.89 bits per heavy atom. The van der Waals surface area contributed by atoms with Gasteiger partial charge in [0, 0.05) is 10.5 Å². The summed E-state index contributed by atoms with van der Waals surface area (Å²) in [5, 5.41) is 0.607. The van der Waals surface area contributed by atoms with Crippen molar-refractivity contribution in [2.45, 2.75) is 0 Å². The third-order valence-electron chi connectivity index (χ3n) is 2.90. The zero-order valence-corrected chi connectivity index (χ0v) is 11.5. The van der Waals surface area contributed by atoms with Gasteiger partial charge in [-0.25, -0.2) is 4.39 Å². The molecular weight excluding hydrogens is 315 g/mol. The van der Waals surface area contributed by atoms with Gasteiger partial charge in [-0.15, -0.1) is 0 Å². The molecule has 0 fully saturated rings. The lowest BCUT2D eigenvalue weighted by atomic mass is 10.1. The van der Waals surface area contributed by atoms with Gasteiger partial charge in [0.15, 0.2) is 11.6 Å². The molecular formula is C14H8BrFO3. The van der Waals surface area contributed by atoms with Gasteiger partial charge in [0.25, 0.3) is 0 Å². The second-order valence-corrected chi connectivity index (χ2v) is 4.97. The van der Waals surface area contributed by atoms with Crippen molar-refractivity contribution < 1.29 is 13.5 Å². The summed E-state index contributed by atoms with van der Waals surface area (Å²) in [4.78, 5) is 12.3. The molecule has 0 bridgehead atoms. The molecule has 3 rings (SSSR count). The van der Waals surface area contributed by atoms with Crippen molar-refractivity contribution >= 4 is 37.9 Å². The molecule has 0 unspecified atom stereocenters. The fourth-order valence-corrected chi connectivity index (χ4v) is 2.35. The van der Waals surface area contributed by atoms with Crippen LogP contribution in [0.5, 0.6) is 5.75 Å². The highest BCUT2D eigenvalue weighted by Crippen LogP contribution is 2.26. The molecule has 3 aromatic rings. The maximum absolute atomic E-state index is 13.7. The molecule has 0 aliphatic rings. The van der Waals surface area contributed by atoms with E-state index in [1.165, 1.54) is 13.2 Å². The van der Waals surface area contributed by atoms with Gasteiger partial charge >= 0.3 is 0 Å². The number of methoxy groups -OCH3 is 1. The fraction of sp³-hybridized carbons (Fsp3) is 0.0714. The second-order valence-electron chi connectivity index (χ2n) is 4.05. The van der Waals surface area contributed by atoms with Gasteiger partial charge in [0.2, 0.25) is 5.43 Å². The van der Waals surface area contributed by atoms with Crippen molar-refractivity contribution in [1.82, 2.24) is 0 Å². The predicted octanol–water partition coefficient (Wildman–Crippen LogP) is 3.86. The number of hydrogen-bond donors (Lipinski definition) is 0. The molecule has 0 aliphatic heterocycles. The van der Waals surface area contributed by atoms with E-state index in [1.54, 1.807) is 18.2 Å². The summed E-state index contributed by atoms with van der Waals surface area (Å²) in [7, 11) is 1.36. The molecule has 0 amide bonds. The molecule has 0 saturated carbocycles. The van der Waals surface area contributed by atoms with Crippen LogP contribution in [0.1, 0.15) is 0 Å². The third-order valence-corrected chi connectivity index (χ3v) is 3.40. The summed E-state index contributed by atoms with van der Waals surface area (Å²) in [5.41, 5.74) is 0.492. The summed E-state index contributed by atoms with van der Waals surface area (Å²) in [6.45, 7) is 0. The van der Waals surface area contributed by atoms with E-state index in [-0.39, 0.29) is 16.6 Å². The summed E-state index contributed by atoms with van der Waals surface area (Å²) < 4.78 is 24.9. The lowest BCUT2D eigenvalue weighted by Gasteiger charge is -2.05. The van der Waals surface area contributed by atoms with Crippen LogP contribution in [-0.4, -0.2) is 7.11 Å². The lowest BCUT2D eigenvalue weighted by molar-refractivity contribution is 0.386. The van der Waals surface area contributed by atoms with E-state index in [4.69, 9.17) is 9.15 Å².